The molecule has 1 aromatic carbocycles. The third kappa shape index (κ3) is 4.19. The van der Waals surface area contributed by atoms with E-state index in [-0.39, 0.29) is 12.1 Å². The van der Waals surface area contributed by atoms with Gasteiger partial charge in [0.2, 0.25) is 11.7 Å². The Hall–Kier alpha value is -3.09. The van der Waals surface area contributed by atoms with Crippen LogP contribution in [0.3, 0.4) is 0 Å². The van der Waals surface area contributed by atoms with Gasteiger partial charge in [0.05, 0.1) is 6.26 Å². The number of hydrogen-bond acceptors (Lipinski definition) is 5. The van der Waals surface area contributed by atoms with Crippen LogP contribution in [0.4, 0.5) is 10.5 Å². The summed E-state index contributed by atoms with van der Waals surface area (Å²) in [5.74, 6) is 2.57. The topological polar surface area (TPSA) is 93.2 Å². The van der Waals surface area contributed by atoms with E-state index in [4.69, 9.17) is 8.94 Å². The first-order chi connectivity index (χ1) is 13.2. The number of carbonyl (C=O) groups excluding carboxylic acids is 1. The van der Waals surface area contributed by atoms with Crippen molar-refractivity contribution in [3.05, 3.63) is 54.3 Å². The molecule has 2 heterocycles. The van der Waals surface area contributed by atoms with Gasteiger partial charge in [-0.05, 0) is 56.2 Å². The van der Waals surface area contributed by atoms with E-state index in [9.17, 15) is 4.79 Å². The number of nitrogens with zero attached hydrogens (tertiary/aromatic N) is 2. The number of aromatic nitrogens is 2. The fourth-order valence-corrected chi connectivity index (χ4v) is 3.05. The molecule has 0 bridgehead atoms. The van der Waals surface area contributed by atoms with Crippen molar-refractivity contribution in [3.63, 3.8) is 0 Å². The molecule has 7 nitrogen and oxygen atoms in total. The second-order valence-corrected chi connectivity index (χ2v) is 6.94. The van der Waals surface area contributed by atoms with Gasteiger partial charge in [-0.25, -0.2) is 4.79 Å². The zero-order valence-corrected chi connectivity index (χ0v) is 15.1. The number of anilines is 1. The van der Waals surface area contributed by atoms with Crippen LogP contribution in [0, 0.1) is 0 Å². The van der Waals surface area contributed by atoms with Gasteiger partial charge < -0.3 is 19.6 Å². The van der Waals surface area contributed by atoms with E-state index in [1.165, 1.54) is 6.42 Å². The summed E-state index contributed by atoms with van der Waals surface area (Å²) < 4.78 is 10.7. The van der Waals surface area contributed by atoms with Crippen molar-refractivity contribution in [1.82, 2.24) is 15.5 Å². The third-order valence-electron chi connectivity index (χ3n) is 4.76. The Bertz CT molecular complexity index is 882. The van der Waals surface area contributed by atoms with Crippen molar-refractivity contribution in [2.45, 2.75) is 44.6 Å². The van der Waals surface area contributed by atoms with E-state index < -0.39 is 0 Å². The average molecular weight is 366 g/mol. The van der Waals surface area contributed by atoms with Crippen LogP contribution in [0.5, 0.6) is 0 Å². The average Bonchev–Trinajstić information content (AvgIpc) is 3.26. The lowest BCUT2D eigenvalue weighted by Gasteiger charge is -2.20. The zero-order valence-electron chi connectivity index (χ0n) is 15.1. The quantitative estimate of drug-likeness (QED) is 0.676. The van der Waals surface area contributed by atoms with Crippen LogP contribution >= 0.6 is 0 Å². The maximum absolute atomic E-state index is 12.1. The monoisotopic (exact) mass is 366 g/mol. The fourth-order valence-electron chi connectivity index (χ4n) is 3.05. The van der Waals surface area contributed by atoms with Gasteiger partial charge in [-0.3, -0.25) is 0 Å². The molecule has 27 heavy (non-hydrogen) atoms. The molecule has 1 aliphatic rings. The SMILES string of the molecule is CC(Cc1ccco1)NC(=O)Nc1ccc(-c2noc(C3CCC3)n2)cc1. The fraction of sp³-hybridized carbons (Fsp3) is 0.350. The molecule has 1 fully saturated rings. The minimum atomic E-state index is -0.256. The normalized spacial score (nSPS) is 15.1. The minimum Gasteiger partial charge on any atom is -0.469 e. The highest BCUT2D eigenvalue weighted by Crippen LogP contribution is 2.36. The zero-order chi connectivity index (χ0) is 18.6. The molecule has 2 N–H and O–H groups in total. The molecule has 0 aliphatic heterocycles. The Kier molecular flexibility index (Phi) is 4.91. The highest BCUT2D eigenvalue weighted by atomic mass is 16.5. The molecular formula is C20H22N4O3. The van der Waals surface area contributed by atoms with E-state index in [2.05, 4.69) is 20.8 Å². The number of benzene rings is 1. The summed E-state index contributed by atoms with van der Waals surface area (Å²) in [4.78, 5) is 16.6. The molecule has 2 amide bonds. The number of carbonyl (C=O) groups is 1. The van der Waals surface area contributed by atoms with Crippen LogP contribution in [-0.2, 0) is 6.42 Å². The summed E-state index contributed by atoms with van der Waals surface area (Å²) in [5.41, 5.74) is 1.56. The lowest BCUT2D eigenvalue weighted by atomic mass is 9.85. The van der Waals surface area contributed by atoms with Crippen LogP contribution in [0.15, 0.2) is 51.6 Å². The number of rotatable bonds is 6. The van der Waals surface area contributed by atoms with Crippen LogP contribution < -0.4 is 10.6 Å². The highest BCUT2D eigenvalue weighted by Gasteiger charge is 2.25. The predicted molar refractivity (Wildman–Crippen MR) is 100 cm³/mol. The molecule has 3 aromatic rings. The lowest BCUT2D eigenvalue weighted by molar-refractivity contribution is 0.248. The van der Waals surface area contributed by atoms with E-state index in [1.807, 2.05) is 43.3 Å². The van der Waals surface area contributed by atoms with Crippen molar-refractivity contribution >= 4 is 11.7 Å². The molecule has 1 saturated carbocycles. The standard InChI is InChI=1S/C20H22N4O3/c1-13(12-17-6-3-11-26-17)21-20(25)22-16-9-7-14(8-10-16)18-23-19(27-24-18)15-4-2-5-15/h3,6-11,13,15H,2,4-5,12H2,1H3,(H2,21,22,25). The van der Waals surface area contributed by atoms with Crippen molar-refractivity contribution in [1.29, 1.82) is 0 Å². The lowest BCUT2D eigenvalue weighted by Crippen LogP contribution is -2.37. The molecule has 0 saturated heterocycles. The van der Waals surface area contributed by atoms with Crippen molar-refractivity contribution in [2.75, 3.05) is 5.32 Å². The third-order valence-corrected chi connectivity index (χ3v) is 4.76. The molecule has 0 spiro atoms. The van der Waals surface area contributed by atoms with Crippen LogP contribution in [0.2, 0.25) is 0 Å². The van der Waals surface area contributed by atoms with Crippen molar-refractivity contribution in [2.24, 2.45) is 0 Å². The van der Waals surface area contributed by atoms with E-state index in [0.29, 0.717) is 23.9 Å². The van der Waals surface area contributed by atoms with Gasteiger partial charge in [-0.1, -0.05) is 11.6 Å². The Balaban J connectivity index is 1.32. The first-order valence-electron chi connectivity index (χ1n) is 9.21. The molecule has 0 radical (unpaired) electrons. The Morgan fingerprint density at radius 1 is 1.26 bits per heavy atom. The van der Waals surface area contributed by atoms with Crippen LogP contribution in [-0.4, -0.2) is 22.2 Å². The second kappa shape index (κ2) is 7.65. The molecule has 1 unspecified atom stereocenters. The summed E-state index contributed by atoms with van der Waals surface area (Å²) >= 11 is 0. The Morgan fingerprint density at radius 3 is 2.74 bits per heavy atom. The summed E-state index contributed by atoms with van der Waals surface area (Å²) in [7, 11) is 0. The van der Waals surface area contributed by atoms with Gasteiger partial charge in [0.15, 0.2) is 0 Å². The van der Waals surface area contributed by atoms with E-state index >= 15 is 0 Å². The number of amides is 2. The van der Waals surface area contributed by atoms with Crippen molar-refractivity contribution in [3.8, 4) is 11.4 Å². The van der Waals surface area contributed by atoms with E-state index in [1.54, 1.807) is 6.26 Å². The number of urea groups is 1. The van der Waals surface area contributed by atoms with Gasteiger partial charge in [-0.2, -0.15) is 4.98 Å². The first-order valence-corrected chi connectivity index (χ1v) is 9.21. The molecule has 1 atom stereocenters. The number of furan rings is 1. The molecule has 140 valence electrons. The molecule has 1 aliphatic carbocycles. The summed E-state index contributed by atoms with van der Waals surface area (Å²) in [6, 6.07) is 10.8. The highest BCUT2D eigenvalue weighted by molar-refractivity contribution is 5.89. The minimum absolute atomic E-state index is 0.0420. The van der Waals surface area contributed by atoms with Crippen LogP contribution in [0.1, 0.15) is 43.8 Å². The van der Waals surface area contributed by atoms with Gasteiger partial charge >= 0.3 is 6.03 Å². The predicted octanol–water partition coefficient (Wildman–Crippen LogP) is 4.35. The largest absolute Gasteiger partial charge is 0.469 e. The van der Waals surface area contributed by atoms with Crippen LogP contribution in [0.25, 0.3) is 11.4 Å². The van der Waals surface area contributed by atoms with Gasteiger partial charge in [0.25, 0.3) is 0 Å². The summed E-state index contributed by atoms with van der Waals surface area (Å²) in [5, 5.41) is 9.78. The number of nitrogens with one attached hydrogen (secondary N) is 2. The Labute approximate surface area is 157 Å². The second-order valence-electron chi connectivity index (χ2n) is 6.94. The van der Waals surface area contributed by atoms with E-state index in [0.717, 1.165) is 30.1 Å². The maximum Gasteiger partial charge on any atom is 0.319 e. The summed E-state index contributed by atoms with van der Waals surface area (Å²) in [6.07, 6.45) is 5.74. The summed E-state index contributed by atoms with van der Waals surface area (Å²) in [6.45, 7) is 1.93. The van der Waals surface area contributed by atoms with Gasteiger partial charge in [-0.15, -0.1) is 0 Å². The first kappa shape index (κ1) is 17.3. The molecule has 7 heteroatoms. The Morgan fingerprint density at radius 2 is 2.07 bits per heavy atom. The van der Waals surface area contributed by atoms with Crippen molar-refractivity contribution < 1.29 is 13.7 Å². The van der Waals surface area contributed by atoms with Gasteiger partial charge in [0.1, 0.15) is 5.76 Å². The molecule has 4 rings (SSSR count). The smallest absolute Gasteiger partial charge is 0.319 e. The number of hydrogen-bond donors (Lipinski definition) is 2. The molecular weight excluding hydrogens is 344 g/mol. The van der Waals surface area contributed by atoms with Gasteiger partial charge in [0, 0.05) is 29.6 Å². The molecule has 2 aromatic heterocycles. The maximum atomic E-state index is 12.1.